The highest BCUT2D eigenvalue weighted by Gasteiger charge is 2.22. The number of nitrogens with one attached hydrogen (secondary N) is 1. The molecule has 2 N–H and O–H groups in total. The highest BCUT2D eigenvalue weighted by molar-refractivity contribution is 5.96. The van der Waals surface area contributed by atoms with E-state index < -0.39 is 0 Å². The van der Waals surface area contributed by atoms with E-state index in [9.17, 15) is 9.90 Å². The van der Waals surface area contributed by atoms with Crippen LogP contribution >= 0.6 is 0 Å². The van der Waals surface area contributed by atoms with Crippen molar-refractivity contribution in [1.82, 2.24) is 4.90 Å². The van der Waals surface area contributed by atoms with Gasteiger partial charge in [-0.15, -0.1) is 0 Å². The van der Waals surface area contributed by atoms with Gasteiger partial charge < -0.3 is 15.3 Å². The molecule has 1 saturated heterocycles. The molecule has 1 unspecified atom stereocenters. The van der Waals surface area contributed by atoms with E-state index in [0.717, 1.165) is 24.2 Å². The Bertz CT molecular complexity index is 563. The van der Waals surface area contributed by atoms with Crippen LogP contribution in [0.25, 0.3) is 6.08 Å². The Morgan fingerprint density at radius 2 is 2.17 bits per heavy atom. The van der Waals surface area contributed by atoms with Crippen LogP contribution in [-0.4, -0.2) is 41.7 Å². The van der Waals surface area contributed by atoms with Crippen LogP contribution in [0, 0.1) is 5.92 Å². The van der Waals surface area contributed by atoms with E-state index in [0.29, 0.717) is 37.4 Å². The van der Waals surface area contributed by atoms with Gasteiger partial charge in [0, 0.05) is 30.9 Å². The highest BCUT2D eigenvalue weighted by Crippen LogP contribution is 2.22. The van der Waals surface area contributed by atoms with Crippen LogP contribution in [0.5, 0.6) is 0 Å². The molecule has 4 heteroatoms. The summed E-state index contributed by atoms with van der Waals surface area (Å²) in [6.07, 6.45) is 5.16. The molecule has 2 rings (SSSR count). The third-order valence-corrected chi connectivity index (χ3v) is 4.92. The zero-order valence-corrected chi connectivity index (χ0v) is 14.9. The minimum Gasteiger partial charge on any atom is -0.393 e. The fourth-order valence-corrected chi connectivity index (χ4v) is 2.93. The van der Waals surface area contributed by atoms with Crippen molar-refractivity contribution in [2.24, 2.45) is 5.92 Å². The lowest BCUT2D eigenvalue weighted by molar-refractivity contribution is 0.0546. The number of benzene rings is 1. The van der Waals surface area contributed by atoms with Crippen molar-refractivity contribution in [3.8, 4) is 0 Å². The van der Waals surface area contributed by atoms with Crippen molar-refractivity contribution in [2.75, 3.05) is 25.0 Å². The highest BCUT2D eigenvalue weighted by atomic mass is 16.3. The van der Waals surface area contributed by atoms with Crippen LogP contribution in [-0.2, 0) is 0 Å². The summed E-state index contributed by atoms with van der Waals surface area (Å²) in [5.41, 5.74) is 2.68. The predicted octanol–water partition coefficient (Wildman–Crippen LogP) is 3.77. The van der Waals surface area contributed by atoms with Crippen molar-refractivity contribution < 1.29 is 9.90 Å². The minimum absolute atomic E-state index is 0.0440. The van der Waals surface area contributed by atoms with E-state index in [1.54, 1.807) is 0 Å². The molecule has 0 aliphatic carbocycles. The van der Waals surface area contributed by atoms with Gasteiger partial charge in [0.1, 0.15) is 0 Å². The SMILES string of the molecule is C=Cc1ccc(C(=O)N2CCC(O)CC2)cc1NCCC(C)CC. The standard InChI is InChI=1S/C20H30N2O2/c1-4-15(3)8-11-21-19-14-17(7-6-16(19)5-2)20(24)22-12-9-18(23)10-13-22/h5-7,14-15,18,21,23H,2,4,8-13H2,1,3H3. The molecule has 1 aliphatic heterocycles. The second-order valence-electron chi connectivity index (χ2n) is 6.76. The second-order valence-corrected chi connectivity index (χ2v) is 6.76. The average molecular weight is 330 g/mol. The molecule has 1 aromatic carbocycles. The lowest BCUT2D eigenvalue weighted by Gasteiger charge is -2.29. The Balaban J connectivity index is 2.06. The first kappa shape index (κ1) is 18.5. The van der Waals surface area contributed by atoms with Crippen LogP contribution in [0.2, 0.25) is 0 Å². The molecule has 1 fully saturated rings. The fourth-order valence-electron chi connectivity index (χ4n) is 2.93. The first-order valence-electron chi connectivity index (χ1n) is 9.02. The molecule has 1 aliphatic rings. The molecule has 0 radical (unpaired) electrons. The number of carbonyl (C=O) groups excluding carboxylic acids is 1. The number of likely N-dealkylation sites (tertiary alicyclic amines) is 1. The lowest BCUT2D eigenvalue weighted by Crippen LogP contribution is -2.40. The summed E-state index contributed by atoms with van der Waals surface area (Å²) in [6.45, 7) is 10.5. The van der Waals surface area contributed by atoms with Gasteiger partial charge in [0.15, 0.2) is 0 Å². The van der Waals surface area contributed by atoms with Crippen LogP contribution in [0.1, 0.15) is 55.5 Å². The Kier molecular flexibility index (Phi) is 6.85. The lowest BCUT2D eigenvalue weighted by atomic mass is 10.0. The van der Waals surface area contributed by atoms with E-state index in [-0.39, 0.29) is 12.0 Å². The fraction of sp³-hybridized carbons (Fsp3) is 0.550. The molecule has 0 saturated carbocycles. The zero-order valence-electron chi connectivity index (χ0n) is 14.9. The van der Waals surface area contributed by atoms with Crippen LogP contribution in [0.4, 0.5) is 5.69 Å². The molecule has 0 bridgehead atoms. The number of amides is 1. The Morgan fingerprint density at radius 1 is 1.46 bits per heavy atom. The molecule has 0 spiro atoms. The van der Waals surface area contributed by atoms with Gasteiger partial charge in [-0.3, -0.25) is 4.79 Å². The quantitative estimate of drug-likeness (QED) is 0.800. The number of aliphatic hydroxyl groups excluding tert-OH is 1. The van der Waals surface area contributed by atoms with Crippen molar-refractivity contribution in [3.63, 3.8) is 0 Å². The Labute approximate surface area is 145 Å². The summed E-state index contributed by atoms with van der Waals surface area (Å²) < 4.78 is 0. The molecule has 4 nitrogen and oxygen atoms in total. The summed E-state index contributed by atoms with van der Waals surface area (Å²) in [5, 5.41) is 13.0. The van der Waals surface area contributed by atoms with Crippen molar-refractivity contribution in [3.05, 3.63) is 35.9 Å². The maximum atomic E-state index is 12.7. The van der Waals surface area contributed by atoms with Crippen molar-refractivity contribution in [1.29, 1.82) is 0 Å². The van der Waals surface area contributed by atoms with E-state index in [1.807, 2.05) is 29.2 Å². The van der Waals surface area contributed by atoms with Gasteiger partial charge >= 0.3 is 0 Å². The van der Waals surface area contributed by atoms with Crippen molar-refractivity contribution in [2.45, 2.75) is 45.6 Å². The van der Waals surface area contributed by atoms with Crippen LogP contribution in [0.15, 0.2) is 24.8 Å². The maximum absolute atomic E-state index is 12.7. The van der Waals surface area contributed by atoms with Gasteiger partial charge in [-0.25, -0.2) is 0 Å². The molecule has 1 amide bonds. The summed E-state index contributed by atoms with van der Waals surface area (Å²) in [7, 11) is 0. The van der Waals surface area contributed by atoms with Gasteiger partial charge in [-0.05, 0) is 42.9 Å². The third kappa shape index (κ3) is 4.84. The number of rotatable bonds is 7. The second kappa shape index (κ2) is 8.88. The van der Waals surface area contributed by atoms with Gasteiger partial charge in [0.2, 0.25) is 0 Å². The molecule has 1 aromatic rings. The van der Waals surface area contributed by atoms with Gasteiger partial charge in [-0.1, -0.05) is 39.0 Å². The summed E-state index contributed by atoms with van der Waals surface area (Å²) in [4.78, 5) is 14.5. The number of anilines is 1. The summed E-state index contributed by atoms with van der Waals surface area (Å²) in [6, 6.07) is 5.75. The molecule has 0 aromatic heterocycles. The Morgan fingerprint density at radius 3 is 2.79 bits per heavy atom. The number of hydrogen-bond acceptors (Lipinski definition) is 3. The number of hydrogen-bond donors (Lipinski definition) is 2. The third-order valence-electron chi connectivity index (χ3n) is 4.92. The number of carbonyl (C=O) groups is 1. The molecule has 1 heterocycles. The van der Waals surface area contributed by atoms with Gasteiger partial charge in [-0.2, -0.15) is 0 Å². The molecular formula is C20H30N2O2. The van der Waals surface area contributed by atoms with Crippen LogP contribution in [0.3, 0.4) is 0 Å². The van der Waals surface area contributed by atoms with E-state index in [2.05, 4.69) is 25.7 Å². The van der Waals surface area contributed by atoms with Crippen LogP contribution < -0.4 is 5.32 Å². The average Bonchev–Trinajstić information content (AvgIpc) is 2.61. The maximum Gasteiger partial charge on any atom is 0.253 e. The topological polar surface area (TPSA) is 52.6 Å². The molecule has 1 atom stereocenters. The van der Waals surface area contributed by atoms with Gasteiger partial charge in [0.25, 0.3) is 5.91 Å². The smallest absolute Gasteiger partial charge is 0.253 e. The largest absolute Gasteiger partial charge is 0.393 e. The molecule has 24 heavy (non-hydrogen) atoms. The van der Waals surface area contributed by atoms with Gasteiger partial charge in [0.05, 0.1) is 6.10 Å². The van der Waals surface area contributed by atoms with E-state index >= 15 is 0 Å². The van der Waals surface area contributed by atoms with E-state index in [4.69, 9.17) is 0 Å². The minimum atomic E-state index is -0.269. The molecule has 132 valence electrons. The Hall–Kier alpha value is -1.81. The first-order valence-corrected chi connectivity index (χ1v) is 9.02. The monoisotopic (exact) mass is 330 g/mol. The normalized spacial score (nSPS) is 16.7. The number of aliphatic hydroxyl groups is 1. The molecular weight excluding hydrogens is 300 g/mol. The van der Waals surface area contributed by atoms with E-state index in [1.165, 1.54) is 6.42 Å². The van der Waals surface area contributed by atoms with Crippen molar-refractivity contribution >= 4 is 17.7 Å². The first-order chi connectivity index (χ1) is 11.5. The number of nitrogens with zero attached hydrogens (tertiary/aromatic N) is 1. The summed E-state index contributed by atoms with van der Waals surface area (Å²) >= 11 is 0. The predicted molar refractivity (Wildman–Crippen MR) is 100 cm³/mol. The summed E-state index contributed by atoms with van der Waals surface area (Å²) in [5.74, 6) is 0.733. The number of piperidine rings is 1. The zero-order chi connectivity index (χ0) is 17.5.